The minimum absolute atomic E-state index is 0.135. The number of hydrogen-bond donors (Lipinski definition) is 0. The van der Waals surface area contributed by atoms with Gasteiger partial charge in [0, 0.05) is 19.6 Å². The Hall–Kier alpha value is -2.09. The molecule has 1 aromatic heterocycles. The van der Waals surface area contributed by atoms with Gasteiger partial charge in [0.1, 0.15) is 11.4 Å². The third-order valence-corrected chi connectivity index (χ3v) is 7.48. The van der Waals surface area contributed by atoms with Crippen LogP contribution in [-0.4, -0.2) is 48.9 Å². The highest BCUT2D eigenvalue weighted by atomic mass is 32.2. The second kappa shape index (κ2) is 6.82. The zero-order chi connectivity index (χ0) is 19.2. The number of likely N-dealkylation sites (tertiary alicyclic amines) is 1. The van der Waals surface area contributed by atoms with Gasteiger partial charge in [-0.15, -0.1) is 4.40 Å². The van der Waals surface area contributed by atoms with Gasteiger partial charge in [0.2, 0.25) is 0 Å². The van der Waals surface area contributed by atoms with Crippen molar-refractivity contribution in [2.24, 2.45) is 16.2 Å². The minimum atomic E-state index is -3.96. The van der Waals surface area contributed by atoms with Crippen molar-refractivity contribution in [1.82, 2.24) is 9.21 Å². The molecule has 0 bridgehead atoms. The summed E-state index contributed by atoms with van der Waals surface area (Å²) in [7, 11) is -2.58. The molecule has 1 saturated carbocycles. The van der Waals surface area contributed by atoms with Crippen molar-refractivity contribution in [1.29, 1.82) is 0 Å². The molecule has 0 unspecified atom stereocenters. The van der Waals surface area contributed by atoms with Crippen molar-refractivity contribution >= 4 is 21.8 Å². The molecule has 1 aliphatic carbocycles. The second-order valence-electron chi connectivity index (χ2n) is 7.71. The van der Waals surface area contributed by atoms with Crippen LogP contribution in [0.2, 0.25) is 0 Å². The van der Waals surface area contributed by atoms with Crippen molar-refractivity contribution in [2.45, 2.75) is 45.1 Å². The lowest BCUT2D eigenvalue weighted by Crippen LogP contribution is -2.54. The Kier molecular flexibility index (Phi) is 4.61. The van der Waals surface area contributed by atoms with E-state index in [1.54, 1.807) is 12.1 Å². The highest BCUT2D eigenvalue weighted by Gasteiger charge is 2.42. The number of carbonyl (C=O) groups is 1. The van der Waals surface area contributed by atoms with E-state index in [0.29, 0.717) is 24.1 Å². The molecule has 1 amide bonds. The summed E-state index contributed by atoms with van der Waals surface area (Å²) in [5.41, 5.74) is 0.294. The maximum absolute atomic E-state index is 13.4. The predicted molar refractivity (Wildman–Crippen MR) is 101 cm³/mol. The van der Waals surface area contributed by atoms with E-state index in [0.717, 1.165) is 30.0 Å². The average Bonchev–Trinajstić information content (AvgIpc) is 3.19. The molecule has 0 aromatic carbocycles. The Labute approximate surface area is 159 Å². The molecule has 3 aliphatic rings. The van der Waals surface area contributed by atoms with E-state index < -0.39 is 10.2 Å². The van der Waals surface area contributed by atoms with Crippen LogP contribution in [0, 0.1) is 11.8 Å². The molecule has 3 atom stereocenters. The van der Waals surface area contributed by atoms with Crippen LogP contribution in [0.3, 0.4) is 0 Å². The maximum atomic E-state index is 13.4. The van der Waals surface area contributed by atoms with E-state index in [-0.39, 0.29) is 23.4 Å². The summed E-state index contributed by atoms with van der Waals surface area (Å²) < 4.78 is 35.1. The number of piperidine rings is 1. The van der Waals surface area contributed by atoms with Crippen molar-refractivity contribution in [2.75, 3.05) is 13.6 Å². The van der Waals surface area contributed by atoms with E-state index in [1.165, 1.54) is 25.8 Å². The van der Waals surface area contributed by atoms with Crippen molar-refractivity contribution < 1.29 is 17.6 Å². The van der Waals surface area contributed by atoms with Crippen molar-refractivity contribution in [3.05, 3.63) is 35.9 Å². The van der Waals surface area contributed by atoms with Crippen LogP contribution in [0.1, 0.15) is 44.8 Å². The fourth-order valence-electron chi connectivity index (χ4n) is 4.61. The van der Waals surface area contributed by atoms with E-state index in [9.17, 15) is 13.2 Å². The molecule has 7 nitrogen and oxygen atoms in total. The summed E-state index contributed by atoms with van der Waals surface area (Å²) in [5.74, 6) is 1.20. The number of furan rings is 1. The largest absolute Gasteiger partial charge is 0.463 e. The number of fused-ring (bicyclic) bond motifs is 1. The summed E-state index contributed by atoms with van der Waals surface area (Å²) in [6, 6.07) is 3.49. The summed E-state index contributed by atoms with van der Waals surface area (Å²) in [4.78, 5) is 15.3. The standard InChI is InChI=1S/C19H25N3O4S/c1-13-9-10-22(16-7-4-3-6-14(13)16)19(23)17-12-15(18-8-5-11-26-18)20-27(24,25)21(17)2/h5,8,11-14,16H,3-4,6-7,9-10H2,1-2H3/t13-,14-,16+/m0/s1. The number of nitrogens with zero attached hydrogens (tertiary/aromatic N) is 3. The van der Waals surface area contributed by atoms with Crippen LogP contribution in [0.25, 0.3) is 0 Å². The van der Waals surface area contributed by atoms with Crippen LogP contribution in [0.15, 0.2) is 39.0 Å². The highest BCUT2D eigenvalue weighted by Crippen LogP contribution is 2.39. The highest BCUT2D eigenvalue weighted by molar-refractivity contribution is 7.88. The first kappa shape index (κ1) is 18.3. The van der Waals surface area contributed by atoms with E-state index in [4.69, 9.17) is 4.42 Å². The third kappa shape index (κ3) is 3.20. The zero-order valence-electron chi connectivity index (χ0n) is 15.7. The number of allylic oxidation sites excluding steroid dienone is 1. The van der Waals surface area contributed by atoms with Gasteiger partial charge in [-0.25, -0.2) is 4.31 Å². The minimum Gasteiger partial charge on any atom is -0.463 e. The van der Waals surface area contributed by atoms with Gasteiger partial charge in [-0.05, 0) is 49.3 Å². The van der Waals surface area contributed by atoms with E-state index >= 15 is 0 Å². The molecule has 0 N–H and O–H groups in total. The summed E-state index contributed by atoms with van der Waals surface area (Å²) >= 11 is 0. The number of carbonyl (C=O) groups excluding carboxylic acids is 1. The second-order valence-corrected chi connectivity index (χ2v) is 9.33. The predicted octanol–water partition coefficient (Wildman–Crippen LogP) is 2.57. The van der Waals surface area contributed by atoms with Gasteiger partial charge in [0.05, 0.1) is 6.26 Å². The van der Waals surface area contributed by atoms with Gasteiger partial charge >= 0.3 is 10.2 Å². The molecule has 0 spiro atoms. The topological polar surface area (TPSA) is 83.2 Å². The Morgan fingerprint density at radius 3 is 2.78 bits per heavy atom. The Morgan fingerprint density at radius 2 is 2.04 bits per heavy atom. The third-order valence-electron chi connectivity index (χ3n) is 6.16. The van der Waals surface area contributed by atoms with Gasteiger partial charge in [-0.3, -0.25) is 4.79 Å². The molecule has 0 radical (unpaired) electrons. The molecule has 27 heavy (non-hydrogen) atoms. The molecule has 2 aliphatic heterocycles. The molecule has 1 aromatic rings. The van der Waals surface area contributed by atoms with E-state index in [1.807, 2.05) is 4.90 Å². The number of rotatable bonds is 2. The molecule has 1 saturated heterocycles. The lowest BCUT2D eigenvalue weighted by atomic mass is 9.72. The van der Waals surface area contributed by atoms with E-state index in [2.05, 4.69) is 11.3 Å². The zero-order valence-corrected chi connectivity index (χ0v) is 16.5. The van der Waals surface area contributed by atoms with Crippen LogP contribution in [-0.2, 0) is 15.0 Å². The van der Waals surface area contributed by atoms with Gasteiger partial charge in [0.15, 0.2) is 5.76 Å². The fraction of sp³-hybridized carbons (Fsp3) is 0.579. The maximum Gasteiger partial charge on any atom is 0.345 e. The average molecular weight is 391 g/mol. The lowest BCUT2D eigenvalue weighted by molar-refractivity contribution is -0.135. The first-order valence-corrected chi connectivity index (χ1v) is 10.9. The summed E-state index contributed by atoms with van der Waals surface area (Å²) in [5, 5.41) is 0. The summed E-state index contributed by atoms with van der Waals surface area (Å²) in [6.45, 7) is 2.93. The molecule has 4 rings (SSSR count). The number of likely N-dealkylation sites (N-methyl/N-ethyl adjacent to an activating group) is 1. The SMILES string of the molecule is C[C@H]1CCN(C(=O)C2=CC(c3ccco3)=NS(=O)(=O)N2C)[C@@H]2CCCC[C@H]21. The van der Waals surface area contributed by atoms with Gasteiger partial charge in [-0.1, -0.05) is 19.8 Å². The fourth-order valence-corrected chi connectivity index (χ4v) is 5.50. The molecular weight excluding hydrogens is 366 g/mol. The van der Waals surface area contributed by atoms with Crippen molar-refractivity contribution in [3.63, 3.8) is 0 Å². The lowest BCUT2D eigenvalue weighted by Gasteiger charge is -2.47. The molecular formula is C19H25N3O4S. The number of hydrogen-bond acceptors (Lipinski definition) is 4. The quantitative estimate of drug-likeness (QED) is 0.776. The van der Waals surface area contributed by atoms with Crippen LogP contribution in [0.5, 0.6) is 0 Å². The smallest absolute Gasteiger partial charge is 0.345 e. The van der Waals surface area contributed by atoms with Gasteiger partial charge in [-0.2, -0.15) is 8.42 Å². The van der Waals surface area contributed by atoms with Crippen molar-refractivity contribution in [3.8, 4) is 0 Å². The van der Waals surface area contributed by atoms with Gasteiger partial charge in [0.25, 0.3) is 5.91 Å². The molecule has 3 heterocycles. The Morgan fingerprint density at radius 1 is 1.26 bits per heavy atom. The monoisotopic (exact) mass is 391 g/mol. The number of amides is 1. The normalized spacial score (nSPS) is 30.4. The first-order valence-electron chi connectivity index (χ1n) is 9.54. The summed E-state index contributed by atoms with van der Waals surface area (Å²) in [6.07, 6.45) is 8.39. The van der Waals surface area contributed by atoms with Crippen LogP contribution in [0.4, 0.5) is 0 Å². The van der Waals surface area contributed by atoms with Gasteiger partial charge < -0.3 is 9.32 Å². The Balaban J connectivity index is 1.68. The molecule has 2 fully saturated rings. The van der Waals surface area contributed by atoms with Crippen LogP contribution >= 0.6 is 0 Å². The van der Waals surface area contributed by atoms with Crippen LogP contribution < -0.4 is 0 Å². The molecule has 8 heteroatoms. The Bertz CT molecular complexity index is 888. The molecule has 146 valence electrons. The first-order chi connectivity index (χ1) is 12.9.